The monoisotopic (exact) mass is 493 g/mol. The average molecular weight is 494 g/mol. The van der Waals surface area contributed by atoms with E-state index in [4.69, 9.17) is 11.6 Å². The summed E-state index contributed by atoms with van der Waals surface area (Å²) in [4.78, 5) is 4.42. The summed E-state index contributed by atoms with van der Waals surface area (Å²) in [6, 6.07) is 15.9. The van der Waals surface area contributed by atoms with Gasteiger partial charge in [-0.3, -0.25) is 4.99 Å². The third-order valence-electron chi connectivity index (χ3n) is 3.36. The van der Waals surface area contributed by atoms with Crippen molar-refractivity contribution in [1.82, 2.24) is 10.6 Å². The van der Waals surface area contributed by atoms with Gasteiger partial charge in [-0.05, 0) is 29.8 Å². The predicted octanol–water partition coefficient (Wildman–Crippen LogP) is 3.10. The van der Waals surface area contributed by atoms with Crippen LogP contribution in [-0.2, 0) is 16.4 Å². The van der Waals surface area contributed by atoms with E-state index in [9.17, 15) is 8.42 Å². The molecule has 0 unspecified atom stereocenters. The number of nitrogens with one attached hydrogen (secondary N) is 2. The van der Waals surface area contributed by atoms with Crippen molar-refractivity contribution in [3.63, 3.8) is 0 Å². The molecule has 0 aromatic heterocycles. The lowest BCUT2D eigenvalue weighted by molar-refractivity contribution is 0.594. The quantitative estimate of drug-likeness (QED) is 0.369. The molecule has 0 bridgehead atoms. The van der Waals surface area contributed by atoms with Crippen LogP contribution in [0.1, 0.15) is 5.56 Å². The Kier molecular flexibility index (Phi) is 9.23. The van der Waals surface area contributed by atoms with E-state index in [2.05, 4.69) is 15.6 Å². The van der Waals surface area contributed by atoms with E-state index in [1.807, 2.05) is 24.3 Å². The Hall–Kier alpha value is -1.32. The van der Waals surface area contributed by atoms with Gasteiger partial charge in [-0.2, -0.15) is 0 Å². The number of guanidine groups is 1. The summed E-state index contributed by atoms with van der Waals surface area (Å²) >= 11 is 5.85. The Bertz CT molecular complexity index is 781. The molecule has 136 valence electrons. The van der Waals surface area contributed by atoms with Crippen LogP contribution in [0.2, 0.25) is 5.02 Å². The number of benzene rings is 2. The van der Waals surface area contributed by atoms with Gasteiger partial charge in [0.15, 0.2) is 15.8 Å². The topological polar surface area (TPSA) is 70.6 Å². The SMILES string of the molecule is CN=C(NCCS(=O)(=O)c1ccccc1)NCc1ccc(Cl)cc1.I. The summed E-state index contributed by atoms with van der Waals surface area (Å²) < 4.78 is 24.4. The molecule has 0 spiro atoms. The van der Waals surface area contributed by atoms with Crippen LogP contribution >= 0.6 is 35.6 Å². The zero-order valence-electron chi connectivity index (χ0n) is 13.8. The summed E-state index contributed by atoms with van der Waals surface area (Å²) in [5, 5.41) is 6.83. The highest BCUT2D eigenvalue weighted by atomic mass is 127. The van der Waals surface area contributed by atoms with Crippen LogP contribution in [0.15, 0.2) is 64.5 Å². The molecule has 0 heterocycles. The zero-order valence-corrected chi connectivity index (χ0v) is 17.7. The molecular formula is C17H21ClIN3O2S. The minimum Gasteiger partial charge on any atom is -0.355 e. The van der Waals surface area contributed by atoms with Gasteiger partial charge in [-0.15, -0.1) is 24.0 Å². The Balaban J connectivity index is 0.00000312. The maximum Gasteiger partial charge on any atom is 0.191 e. The second-order valence-corrected chi connectivity index (χ2v) is 7.66. The van der Waals surface area contributed by atoms with Gasteiger partial charge in [0.05, 0.1) is 10.6 Å². The van der Waals surface area contributed by atoms with Gasteiger partial charge >= 0.3 is 0 Å². The first-order valence-electron chi connectivity index (χ1n) is 7.48. The molecule has 0 saturated heterocycles. The highest BCUT2D eigenvalue weighted by molar-refractivity contribution is 14.0. The number of rotatable bonds is 6. The molecule has 0 atom stereocenters. The highest BCUT2D eigenvalue weighted by Crippen LogP contribution is 2.10. The van der Waals surface area contributed by atoms with E-state index < -0.39 is 9.84 Å². The molecule has 0 aliphatic heterocycles. The number of hydrogen-bond donors (Lipinski definition) is 2. The lowest BCUT2D eigenvalue weighted by Gasteiger charge is -2.12. The molecule has 0 fully saturated rings. The van der Waals surface area contributed by atoms with E-state index in [1.54, 1.807) is 37.4 Å². The molecule has 0 aliphatic carbocycles. The van der Waals surface area contributed by atoms with Crippen molar-refractivity contribution in [2.75, 3.05) is 19.3 Å². The maximum atomic E-state index is 12.2. The Morgan fingerprint density at radius 3 is 2.28 bits per heavy atom. The van der Waals surface area contributed by atoms with Crippen molar-refractivity contribution in [2.24, 2.45) is 4.99 Å². The van der Waals surface area contributed by atoms with E-state index in [0.717, 1.165) is 5.56 Å². The molecule has 8 heteroatoms. The van der Waals surface area contributed by atoms with Crippen LogP contribution in [0.5, 0.6) is 0 Å². The van der Waals surface area contributed by atoms with Crippen LogP contribution in [0.25, 0.3) is 0 Å². The smallest absolute Gasteiger partial charge is 0.191 e. The molecule has 2 N–H and O–H groups in total. The molecule has 0 amide bonds. The minimum absolute atomic E-state index is 0. The van der Waals surface area contributed by atoms with E-state index in [-0.39, 0.29) is 36.3 Å². The lowest BCUT2D eigenvalue weighted by Crippen LogP contribution is -2.39. The summed E-state index contributed by atoms with van der Waals surface area (Å²) in [6.45, 7) is 0.847. The maximum absolute atomic E-state index is 12.2. The Morgan fingerprint density at radius 1 is 1.04 bits per heavy atom. The predicted molar refractivity (Wildman–Crippen MR) is 114 cm³/mol. The number of halogens is 2. The van der Waals surface area contributed by atoms with Gasteiger partial charge in [0.1, 0.15) is 0 Å². The minimum atomic E-state index is -3.30. The number of sulfone groups is 1. The van der Waals surface area contributed by atoms with Gasteiger partial charge in [-0.1, -0.05) is 41.9 Å². The fourth-order valence-electron chi connectivity index (χ4n) is 2.06. The summed E-state index contributed by atoms with van der Waals surface area (Å²) in [5.74, 6) is 0.548. The van der Waals surface area contributed by atoms with Gasteiger partial charge in [0.2, 0.25) is 0 Å². The molecule has 25 heavy (non-hydrogen) atoms. The fraction of sp³-hybridized carbons (Fsp3) is 0.235. The van der Waals surface area contributed by atoms with Crippen molar-refractivity contribution < 1.29 is 8.42 Å². The van der Waals surface area contributed by atoms with Gasteiger partial charge < -0.3 is 10.6 Å². The molecule has 2 aromatic rings. The highest BCUT2D eigenvalue weighted by Gasteiger charge is 2.13. The van der Waals surface area contributed by atoms with E-state index in [0.29, 0.717) is 22.4 Å². The van der Waals surface area contributed by atoms with Crippen LogP contribution in [0.3, 0.4) is 0 Å². The zero-order chi connectivity index (χ0) is 17.4. The van der Waals surface area contributed by atoms with Crippen LogP contribution in [0.4, 0.5) is 0 Å². The second-order valence-electron chi connectivity index (χ2n) is 5.11. The number of hydrogen-bond acceptors (Lipinski definition) is 3. The third kappa shape index (κ3) is 7.21. The third-order valence-corrected chi connectivity index (χ3v) is 5.35. The standard InChI is InChI=1S/C17H20ClN3O2S.HI/c1-19-17(21-13-14-7-9-15(18)10-8-14)20-11-12-24(22,23)16-5-3-2-4-6-16;/h2-10H,11-13H2,1H3,(H2,19,20,21);1H. The number of nitrogens with zero attached hydrogens (tertiary/aromatic N) is 1. The van der Waals surface area contributed by atoms with E-state index in [1.165, 1.54) is 0 Å². The first kappa shape index (κ1) is 21.7. The van der Waals surface area contributed by atoms with E-state index >= 15 is 0 Å². The number of aliphatic imine (C=N–C) groups is 1. The van der Waals surface area contributed by atoms with Gasteiger partial charge in [-0.25, -0.2) is 8.42 Å². The summed E-state index contributed by atoms with van der Waals surface area (Å²) in [5.41, 5.74) is 1.05. The molecule has 0 saturated carbocycles. The van der Waals surface area contributed by atoms with Crippen LogP contribution in [-0.4, -0.2) is 33.7 Å². The molecular weight excluding hydrogens is 473 g/mol. The average Bonchev–Trinajstić information content (AvgIpc) is 2.60. The van der Waals surface area contributed by atoms with Crippen LogP contribution < -0.4 is 10.6 Å². The first-order valence-corrected chi connectivity index (χ1v) is 9.51. The Labute approximate surface area is 170 Å². The largest absolute Gasteiger partial charge is 0.355 e. The van der Waals surface area contributed by atoms with Crippen molar-refractivity contribution in [3.05, 3.63) is 65.2 Å². The summed E-state index contributed by atoms with van der Waals surface area (Å²) in [6.07, 6.45) is 0. The Morgan fingerprint density at radius 2 is 1.68 bits per heavy atom. The van der Waals surface area contributed by atoms with Crippen molar-refractivity contribution in [2.45, 2.75) is 11.4 Å². The molecule has 0 radical (unpaired) electrons. The summed E-state index contributed by atoms with van der Waals surface area (Å²) in [7, 11) is -1.65. The molecule has 5 nitrogen and oxygen atoms in total. The van der Waals surface area contributed by atoms with Gasteiger partial charge in [0, 0.05) is 25.2 Å². The van der Waals surface area contributed by atoms with Gasteiger partial charge in [0.25, 0.3) is 0 Å². The molecule has 2 rings (SSSR count). The lowest BCUT2D eigenvalue weighted by atomic mass is 10.2. The first-order chi connectivity index (χ1) is 11.5. The van der Waals surface area contributed by atoms with Crippen molar-refractivity contribution in [1.29, 1.82) is 0 Å². The van der Waals surface area contributed by atoms with Crippen LogP contribution in [0, 0.1) is 0 Å². The second kappa shape index (κ2) is 10.6. The van der Waals surface area contributed by atoms with Crippen molar-refractivity contribution >= 4 is 51.4 Å². The molecule has 0 aliphatic rings. The van der Waals surface area contributed by atoms with Crippen molar-refractivity contribution in [3.8, 4) is 0 Å². The fourth-order valence-corrected chi connectivity index (χ4v) is 3.36. The molecule has 2 aromatic carbocycles. The normalized spacial score (nSPS) is 11.5.